The van der Waals surface area contributed by atoms with Crippen molar-refractivity contribution in [1.29, 1.82) is 0 Å². The predicted octanol–water partition coefficient (Wildman–Crippen LogP) is 4.13. The summed E-state index contributed by atoms with van der Waals surface area (Å²) in [4.78, 5) is 2.30. The smallest absolute Gasteiger partial charge is 0.322 e. The van der Waals surface area contributed by atoms with E-state index in [9.17, 15) is 0 Å². The molecule has 2 nitrogen and oxygen atoms in total. The second-order valence-electron chi connectivity index (χ2n) is 5.90. The van der Waals surface area contributed by atoms with Crippen LogP contribution in [0.5, 0.6) is 5.75 Å². The first kappa shape index (κ1) is 19.9. The molecule has 0 saturated heterocycles. The molecule has 1 unspecified atom stereocenters. The Morgan fingerprint density at radius 2 is 2.13 bits per heavy atom. The summed E-state index contributed by atoms with van der Waals surface area (Å²) in [7, 11) is 3.85. The molecule has 4 heteroatoms. The van der Waals surface area contributed by atoms with Crippen molar-refractivity contribution in [1.82, 2.24) is 4.90 Å². The molecule has 0 heterocycles. The summed E-state index contributed by atoms with van der Waals surface area (Å²) >= 11 is 6.38. The number of hydrogen-bond acceptors (Lipinski definition) is 2. The zero-order valence-electron chi connectivity index (χ0n) is 15.2. The van der Waals surface area contributed by atoms with Crippen LogP contribution in [0.15, 0.2) is 42.0 Å². The Morgan fingerprint density at radius 3 is 2.61 bits per heavy atom. The first-order valence-electron chi connectivity index (χ1n) is 8.29. The number of halogens is 1. The Bertz CT molecular complexity index is 554. The van der Waals surface area contributed by atoms with Crippen molar-refractivity contribution in [3.05, 3.63) is 53.1 Å². The van der Waals surface area contributed by atoms with Gasteiger partial charge in [0.25, 0.3) is 0 Å². The molecule has 0 aliphatic carbocycles. The summed E-state index contributed by atoms with van der Waals surface area (Å²) in [5, 5.41) is 0.0208. The number of allylic oxidation sites excluding steroid dienone is 2. The van der Waals surface area contributed by atoms with Crippen LogP contribution in [0.2, 0.25) is 0 Å². The molecular formula is C19H29BClNO. The maximum Gasteiger partial charge on any atom is 0.322 e. The second kappa shape index (κ2) is 9.84. The lowest BCUT2D eigenvalue weighted by atomic mass is 10.0. The highest BCUT2D eigenvalue weighted by atomic mass is 35.5. The Morgan fingerprint density at radius 1 is 1.43 bits per heavy atom. The molecule has 0 radical (unpaired) electrons. The Hall–Kier alpha value is -1.19. The van der Waals surface area contributed by atoms with Gasteiger partial charge in [0.15, 0.2) is 0 Å². The van der Waals surface area contributed by atoms with Crippen LogP contribution in [0.25, 0.3) is 0 Å². The second-order valence-corrected chi connectivity index (χ2v) is 6.55. The van der Waals surface area contributed by atoms with Gasteiger partial charge >= 0.3 is 8.05 Å². The number of benzene rings is 1. The third-order valence-electron chi connectivity index (χ3n) is 4.14. The third kappa shape index (κ3) is 5.74. The summed E-state index contributed by atoms with van der Waals surface area (Å²) in [6.45, 7) is 12.0. The van der Waals surface area contributed by atoms with Gasteiger partial charge in [-0.15, -0.1) is 11.6 Å². The highest BCUT2D eigenvalue weighted by molar-refractivity contribution is 6.22. The molecule has 0 spiro atoms. The average Bonchev–Trinajstić information content (AvgIpc) is 2.54. The van der Waals surface area contributed by atoms with E-state index >= 15 is 0 Å². The van der Waals surface area contributed by atoms with Crippen LogP contribution in [-0.2, 0) is 13.0 Å². The van der Waals surface area contributed by atoms with Gasteiger partial charge in [-0.05, 0) is 55.2 Å². The van der Waals surface area contributed by atoms with E-state index in [1.165, 1.54) is 22.3 Å². The maximum atomic E-state index is 6.38. The van der Waals surface area contributed by atoms with Gasteiger partial charge in [0.05, 0.1) is 5.38 Å². The lowest BCUT2D eigenvalue weighted by Crippen LogP contribution is -2.24. The maximum absolute atomic E-state index is 6.38. The molecule has 0 amide bonds. The molecule has 0 aliphatic heterocycles. The van der Waals surface area contributed by atoms with Crippen LogP contribution in [0.3, 0.4) is 0 Å². The van der Waals surface area contributed by atoms with Crippen molar-refractivity contribution < 1.29 is 4.65 Å². The zero-order valence-corrected chi connectivity index (χ0v) is 15.9. The molecule has 1 aromatic carbocycles. The monoisotopic (exact) mass is 333 g/mol. The largest absolute Gasteiger partial charge is 0.568 e. The Kier molecular flexibility index (Phi) is 8.50. The molecule has 1 atom stereocenters. The number of hydrogen-bond donors (Lipinski definition) is 0. The normalized spacial score (nSPS) is 13.7. The van der Waals surface area contributed by atoms with E-state index in [1.807, 2.05) is 13.0 Å². The fourth-order valence-electron chi connectivity index (χ4n) is 2.85. The topological polar surface area (TPSA) is 12.5 Å². The fraction of sp³-hybridized carbons (Fsp3) is 0.474. The summed E-state index contributed by atoms with van der Waals surface area (Å²) in [5.74, 6) is 0.966. The summed E-state index contributed by atoms with van der Waals surface area (Å²) in [6, 6.07) is 6.43. The number of rotatable bonds is 9. The molecule has 23 heavy (non-hydrogen) atoms. The quantitative estimate of drug-likeness (QED) is 0.383. The summed E-state index contributed by atoms with van der Waals surface area (Å²) in [6.07, 6.45) is 3.87. The summed E-state index contributed by atoms with van der Waals surface area (Å²) < 4.78 is 5.40. The van der Waals surface area contributed by atoms with Crippen molar-refractivity contribution >= 4 is 19.7 Å². The van der Waals surface area contributed by atoms with Gasteiger partial charge in [0.1, 0.15) is 5.75 Å². The van der Waals surface area contributed by atoms with Gasteiger partial charge in [0.2, 0.25) is 0 Å². The van der Waals surface area contributed by atoms with Gasteiger partial charge in [0, 0.05) is 13.1 Å². The minimum absolute atomic E-state index is 0.0208. The average molecular weight is 334 g/mol. The predicted molar refractivity (Wildman–Crippen MR) is 104 cm³/mol. The molecule has 0 aromatic heterocycles. The lowest BCUT2D eigenvalue weighted by molar-refractivity contribution is 0.351. The van der Waals surface area contributed by atoms with E-state index in [-0.39, 0.29) is 5.38 Å². The fourth-order valence-corrected chi connectivity index (χ4v) is 3.06. The molecular weight excluding hydrogens is 304 g/mol. The van der Waals surface area contributed by atoms with E-state index in [0.717, 1.165) is 31.7 Å². The summed E-state index contributed by atoms with van der Waals surface area (Å²) in [5.41, 5.74) is 5.06. The van der Waals surface area contributed by atoms with E-state index < -0.39 is 0 Å². The van der Waals surface area contributed by atoms with Crippen LogP contribution < -0.4 is 4.65 Å². The number of alkyl halides is 1. The van der Waals surface area contributed by atoms with Gasteiger partial charge in [-0.2, -0.15) is 0 Å². The van der Waals surface area contributed by atoms with Crippen LogP contribution in [0, 0.1) is 0 Å². The van der Waals surface area contributed by atoms with Gasteiger partial charge in [-0.1, -0.05) is 38.6 Å². The van der Waals surface area contributed by atoms with E-state index in [2.05, 4.69) is 50.6 Å². The van der Waals surface area contributed by atoms with Gasteiger partial charge in [-0.3, -0.25) is 4.90 Å². The molecule has 0 saturated carbocycles. The van der Waals surface area contributed by atoms with Crippen LogP contribution in [0.1, 0.15) is 38.3 Å². The first-order valence-corrected chi connectivity index (χ1v) is 8.73. The van der Waals surface area contributed by atoms with Gasteiger partial charge in [-0.25, -0.2) is 0 Å². The highest BCUT2D eigenvalue weighted by Gasteiger charge is 2.13. The van der Waals surface area contributed by atoms with Crippen molar-refractivity contribution in [2.24, 2.45) is 0 Å². The van der Waals surface area contributed by atoms with E-state index in [4.69, 9.17) is 16.3 Å². The van der Waals surface area contributed by atoms with E-state index in [0.29, 0.717) is 0 Å². The van der Waals surface area contributed by atoms with E-state index in [1.54, 1.807) is 8.05 Å². The van der Waals surface area contributed by atoms with Crippen molar-refractivity contribution in [3.8, 4) is 5.75 Å². The Balaban J connectivity index is 2.89. The molecule has 1 aromatic rings. The minimum Gasteiger partial charge on any atom is -0.568 e. The SMILES string of the molecule is BOc1ccc(CN(C)C/C(=C(\C=C)CC)C(C)Cl)cc1CC. The van der Waals surface area contributed by atoms with Crippen LogP contribution >= 0.6 is 11.6 Å². The third-order valence-corrected chi connectivity index (χ3v) is 4.40. The number of aryl methyl sites for hydroxylation is 1. The van der Waals surface area contributed by atoms with Crippen molar-refractivity contribution in [2.75, 3.05) is 13.6 Å². The first-order chi connectivity index (χ1) is 11.0. The molecule has 0 aliphatic rings. The molecule has 0 N–H and O–H groups in total. The molecule has 126 valence electrons. The lowest BCUT2D eigenvalue weighted by Gasteiger charge is -2.23. The molecule has 0 bridgehead atoms. The minimum atomic E-state index is 0.0208. The van der Waals surface area contributed by atoms with Crippen LogP contribution in [0.4, 0.5) is 0 Å². The molecule has 0 fully saturated rings. The molecule has 1 rings (SSSR count). The van der Waals surface area contributed by atoms with Crippen molar-refractivity contribution in [2.45, 2.75) is 45.5 Å². The highest BCUT2D eigenvalue weighted by Crippen LogP contribution is 2.23. The number of nitrogens with zero attached hydrogens (tertiary/aromatic N) is 1. The van der Waals surface area contributed by atoms with Gasteiger partial charge < -0.3 is 4.65 Å². The van der Waals surface area contributed by atoms with Crippen molar-refractivity contribution in [3.63, 3.8) is 0 Å². The Labute approximate surface area is 147 Å². The zero-order chi connectivity index (χ0) is 17.4. The standard InChI is InChI=1S/C19H29BClNO/c1-6-16(7-2)18(14(4)21)13-22(5)12-15-9-10-19(23-20)17(8-3)11-15/h6,9-11,14H,1,7-8,12-13,20H2,2-5H3/b18-16-. The van der Waals surface area contributed by atoms with Crippen LogP contribution in [-0.4, -0.2) is 31.9 Å². The number of likely N-dealkylation sites (N-methyl/N-ethyl adjacent to an activating group) is 1.